The highest BCUT2D eigenvalue weighted by Crippen LogP contribution is 2.24. The van der Waals surface area contributed by atoms with Gasteiger partial charge in [0.05, 0.1) is 13.2 Å². The second kappa shape index (κ2) is 8.68. The summed E-state index contributed by atoms with van der Waals surface area (Å²) in [5.41, 5.74) is 2.10. The van der Waals surface area contributed by atoms with E-state index in [-0.39, 0.29) is 0 Å². The fourth-order valence-corrected chi connectivity index (χ4v) is 3.46. The van der Waals surface area contributed by atoms with Crippen LogP contribution >= 0.6 is 11.6 Å². The van der Waals surface area contributed by atoms with Crippen LogP contribution in [0.2, 0.25) is 5.02 Å². The van der Waals surface area contributed by atoms with Crippen molar-refractivity contribution >= 4 is 11.6 Å². The summed E-state index contributed by atoms with van der Waals surface area (Å²) in [6, 6.07) is 15.6. The van der Waals surface area contributed by atoms with Crippen LogP contribution in [0.4, 0.5) is 0 Å². The predicted octanol–water partition coefficient (Wildman–Crippen LogP) is 3.20. The smallest absolute Gasteiger partial charge is 0.123 e. The van der Waals surface area contributed by atoms with E-state index in [1.54, 1.807) is 7.11 Å². The van der Waals surface area contributed by atoms with Gasteiger partial charge in [0.2, 0.25) is 0 Å². The number of piperazine rings is 1. The molecule has 25 heavy (non-hydrogen) atoms. The summed E-state index contributed by atoms with van der Waals surface area (Å²) >= 11 is 6.12. The Morgan fingerprint density at radius 3 is 2.40 bits per heavy atom. The molecule has 0 radical (unpaired) electrons. The molecule has 1 fully saturated rings. The van der Waals surface area contributed by atoms with Gasteiger partial charge in [-0.15, -0.1) is 0 Å². The number of β-amino-alcohol motifs (C(OH)–C–C–N with tert-alkyl or cyclic N) is 1. The molecule has 3 rings (SSSR count). The SMILES string of the molecule is COc1ccc(Cl)cc1CN1CCN(CC(O)c2ccccc2)CC1. The summed E-state index contributed by atoms with van der Waals surface area (Å²) in [6.45, 7) is 5.35. The number of hydrogen-bond acceptors (Lipinski definition) is 4. The number of halogens is 1. The van der Waals surface area contributed by atoms with Crippen LogP contribution in [0.15, 0.2) is 48.5 Å². The maximum absolute atomic E-state index is 10.4. The van der Waals surface area contributed by atoms with Crippen LogP contribution in [0.25, 0.3) is 0 Å². The first-order valence-corrected chi connectivity index (χ1v) is 9.03. The van der Waals surface area contributed by atoms with Crippen LogP contribution in [0.5, 0.6) is 5.75 Å². The molecule has 2 aromatic carbocycles. The average Bonchev–Trinajstić information content (AvgIpc) is 2.64. The van der Waals surface area contributed by atoms with E-state index in [0.29, 0.717) is 6.54 Å². The summed E-state index contributed by atoms with van der Waals surface area (Å²) in [7, 11) is 1.69. The predicted molar refractivity (Wildman–Crippen MR) is 101 cm³/mol. The van der Waals surface area contributed by atoms with E-state index < -0.39 is 6.10 Å². The quantitative estimate of drug-likeness (QED) is 0.858. The van der Waals surface area contributed by atoms with Gasteiger partial charge < -0.3 is 9.84 Å². The van der Waals surface area contributed by atoms with E-state index in [9.17, 15) is 5.11 Å². The van der Waals surface area contributed by atoms with Crippen molar-refractivity contribution in [3.63, 3.8) is 0 Å². The Bertz CT molecular complexity index is 673. The number of aliphatic hydroxyl groups excluding tert-OH is 1. The molecule has 1 unspecified atom stereocenters. The molecule has 0 spiro atoms. The number of rotatable bonds is 6. The third-order valence-corrected chi connectivity index (χ3v) is 4.95. The number of methoxy groups -OCH3 is 1. The van der Waals surface area contributed by atoms with Crippen LogP contribution in [0.3, 0.4) is 0 Å². The molecule has 0 aromatic heterocycles. The first-order chi connectivity index (χ1) is 12.2. The normalized spacial score (nSPS) is 17.4. The molecule has 5 heteroatoms. The first-order valence-electron chi connectivity index (χ1n) is 8.66. The number of nitrogens with zero attached hydrogens (tertiary/aromatic N) is 2. The summed E-state index contributed by atoms with van der Waals surface area (Å²) in [5.74, 6) is 0.881. The molecule has 4 nitrogen and oxygen atoms in total. The zero-order chi connectivity index (χ0) is 17.6. The Kier molecular flexibility index (Phi) is 6.32. The van der Waals surface area contributed by atoms with E-state index in [1.807, 2.05) is 48.5 Å². The van der Waals surface area contributed by atoms with Crippen LogP contribution in [0.1, 0.15) is 17.2 Å². The zero-order valence-electron chi connectivity index (χ0n) is 14.6. The van der Waals surface area contributed by atoms with E-state index in [4.69, 9.17) is 16.3 Å². The van der Waals surface area contributed by atoms with Gasteiger partial charge in [0, 0.05) is 49.9 Å². The lowest BCUT2D eigenvalue weighted by molar-refractivity contribution is 0.0698. The molecule has 0 bridgehead atoms. The molecular weight excluding hydrogens is 336 g/mol. The lowest BCUT2D eigenvalue weighted by atomic mass is 10.1. The molecule has 134 valence electrons. The highest BCUT2D eigenvalue weighted by molar-refractivity contribution is 6.30. The van der Waals surface area contributed by atoms with Crippen LogP contribution in [-0.4, -0.2) is 54.7 Å². The van der Waals surface area contributed by atoms with Gasteiger partial charge in [-0.25, -0.2) is 0 Å². The Balaban J connectivity index is 1.51. The molecule has 1 saturated heterocycles. The fraction of sp³-hybridized carbons (Fsp3) is 0.400. The number of aliphatic hydroxyl groups is 1. The van der Waals surface area contributed by atoms with Crippen molar-refractivity contribution in [3.05, 3.63) is 64.7 Å². The Morgan fingerprint density at radius 2 is 1.72 bits per heavy atom. The summed E-state index contributed by atoms with van der Waals surface area (Å²) < 4.78 is 5.44. The number of benzene rings is 2. The molecular formula is C20H25ClN2O2. The zero-order valence-corrected chi connectivity index (χ0v) is 15.3. The average molecular weight is 361 g/mol. The molecule has 1 aliphatic rings. The van der Waals surface area contributed by atoms with Gasteiger partial charge in [0.1, 0.15) is 5.75 Å². The topological polar surface area (TPSA) is 35.9 Å². The molecule has 2 aromatic rings. The third-order valence-electron chi connectivity index (χ3n) is 4.72. The maximum atomic E-state index is 10.4. The minimum absolute atomic E-state index is 0.430. The fourth-order valence-electron chi connectivity index (χ4n) is 3.27. The van der Waals surface area contributed by atoms with Gasteiger partial charge in [-0.05, 0) is 23.8 Å². The molecule has 0 saturated carbocycles. The summed E-state index contributed by atoms with van der Waals surface area (Å²) in [5, 5.41) is 11.1. The minimum Gasteiger partial charge on any atom is -0.496 e. The monoisotopic (exact) mass is 360 g/mol. The van der Waals surface area contributed by atoms with Gasteiger partial charge in [-0.1, -0.05) is 41.9 Å². The minimum atomic E-state index is -0.430. The van der Waals surface area contributed by atoms with Crippen molar-refractivity contribution in [2.75, 3.05) is 39.8 Å². The van der Waals surface area contributed by atoms with Crippen LogP contribution in [0, 0.1) is 0 Å². The van der Waals surface area contributed by atoms with Gasteiger partial charge in [0.25, 0.3) is 0 Å². The van der Waals surface area contributed by atoms with Gasteiger partial charge in [-0.2, -0.15) is 0 Å². The van der Waals surface area contributed by atoms with E-state index in [2.05, 4.69) is 9.80 Å². The Labute approximate surface area is 154 Å². The Hall–Kier alpha value is -1.59. The molecule has 1 N–H and O–H groups in total. The lowest BCUT2D eigenvalue weighted by Crippen LogP contribution is -2.47. The summed E-state index contributed by atoms with van der Waals surface area (Å²) in [6.07, 6.45) is -0.430. The molecule has 1 atom stereocenters. The molecule has 0 aliphatic carbocycles. The van der Waals surface area contributed by atoms with Crippen molar-refractivity contribution in [2.45, 2.75) is 12.6 Å². The number of ether oxygens (including phenoxy) is 1. The Morgan fingerprint density at radius 1 is 1.04 bits per heavy atom. The number of hydrogen-bond donors (Lipinski definition) is 1. The van der Waals surface area contributed by atoms with E-state index in [1.165, 1.54) is 0 Å². The second-order valence-electron chi connectivity index (χ2n) is 6.46. The lowest BCUT2D eigenvalue weighted by Gasteiger charge is -2.35. The maximum Gasteiger partial charge on any atom is 0.123 e. The molecule has 1 aliphatic heterocycles. The third kappa shape index (κ3) is 4.95. The van der Waals surface area contributed by atoms with Crippen molar-refractivity contribution in [2.24, 2.45) is 0 Å². The molecule has 1 heterocycles. The first kappa shape index (κ1) is 18.2. The standard InChI is InChI=1S/C20H25ClN2O2/c1-25-20-8-7-18(21)13-17(20)14-22-9-11-23(12-10-22)15-19(24)16-5-3-2-4-6-16/h2-8,13,19,24H,9-12,14-15H2,1H3. The molecule has 0 amide bonds. The van der Waals surface area contributed by atoms with E-state index in [0.717, 1.165) is 54.6 Å². The van der Waals surface area contributed by atoms with Crippen molar-refractivity contribution in [3.8, 4) is 5.75 Å². The van der Waals surface area contributed by atoms with Crippen molar-refractivity contribution < 1.29 is 9.84 Å². The van der Waals surface area contributed by atoms with Gasteiger partial charge in [-0.3, -0.25) is 9.80 Å². The van der Waals surface area contributed by atoms with Crippen LogP contribution < -0.4 is 4.74 Å². The summed E-state index contributed by atoms with van der Waals surface area (Å²) in [4.78, 5) is 4.73. The van der Waals surface area contributed by atoms with Crippen molar-refractivity contribution in [1.29, 1.82) is 0 Å². The highest BCUT2D eigenvalue weighted by Gasteiger charge is 2.20. The van der Waals surface area contributed by atoms with E-state index >= 15 is 0 Å². The van der Waals surface area contributed by atoms with Crippen LogP contribution in [-0.2, 0) is 6.54 Å². The second-order valence-corrected chi connectivity index (χ2v) is 6.90. The largest absolute Gasteiger partial charge is 0.496 e. The van der Waals surface area contributed by atoms with Gasteiger partial charge in [0.15, 0.2) is 0 Å². The van der Waals surface area contributed by atoms with Gasteiger partial charge >= 0.3 is 0 Å². The van der Waals surface area contributed by atoms with Crippen molar-refractivity contribution in [1.82, 2.24) is 9.80 Å². The highest BCUT2D eigenvalue weighted by atomic mass is 35.5.